The van der Waals surface area contributed by atoms with Crippen LogP contribution < -0.4 is 0 Å². The van der Waals surface area contributed by atoms with Crippen molar-refractivity contribution in [1.29, 1.82) is 0 Å². The second-order valence-corrected chi connectivity index (χ2v) is 8.14. The van der Waals surface area contributed by atoms with Gasteiger partial charge in [-0.25, -0.2) is 0 Å². The number of ether oxygens (including phenoxy) is 1. The van der Waals surface area contributed by atoms with Crippen LogP contribution in [-0.2, 0) is 44.1 Å². The predicted octanol–water partition coefficient (Wildman–Crippen LogP) is 5.15. The van der Waals surface area contributed by atoms with Gasteiger partial charge in [0.25, 0.3) is 0 Å². The van der Waals surface area contributed by atoms with Gasteiger partial charge in [-0.1, -0.05) is 37.6 Å². The molecule has 0 aromatic heterocycles. The molecule has 0 saturated heterocycles. The minimum absolute atomic E-state index is 0. The van der Waals surface area contributed by atoms with Gasteiger partial charge in [-0.15, -0.1) is 17.2 Å². The van der Waals surface area contributed by atoms with Crippen LogP contribution in [0.3, 0.4) is 0 Å². The van der Waals surface area contributed by atoms with Gasteiger partial charge in [0.15, 0.2) is 5.78 Å². The standard InChI is InChI=1S/C24H28ClO3.Y/c1-2-3-9-22(26)18-10-12-19(13-11-18)24-20(21(25)14-23(24)27)16-28-15-17-7-5-4-6-8-17;/h4-5,7-8,10-13,20-21,23-24,27H,2-3,9,14-16H2,1H3;/q-1;/t20?,21-,23-,24?;/m1./s1. The third-order valence-corrected chi connectivity index (χ3v) is 6.03. The zero-order valence-corrected chi connectivity index (χ0v) is 20.5. The van der Waals surface area contributed by atoms with Crippen molar-refractivity contribution in [3.05, 3.63) is 71.3 Å². The molecule has 2 aromatic carbocycles. The van der Waals surface area contributed by atoms with E-state index >= 15 is 0 Å². The topological polar surface area (TPSA) is 46.5 Å². The minimum Gasteiger partial charge on any atom is -0.392 e. The molecular weight excluding hydrogens is 461 g/mol. The van der Waals surface area contributed by atoms with Crippen molar-refractivity contribution < 1.29 is 47.3 Å². The molecule has 29 heavy (non-hydrogen) atoms. The van der Waals surface area contributed by atoms with E-state index in [9.17, 15) is 9.90 Å². The minimum atomic E-state index is -0.497. The molecule has 1 fully saturated rings. The fraction of sp³-hybridized carbons (Fsp3) is 0.458. The van der Waals surface area contributed by atoms with E-state index in [0.717, 1.165) is 29.5 Å². The number of halogens is 1. The maximum atomic E-state index is 12.2. The van der Waals surface area contributed by atoms with Gasteiger partial charge < -0.3 is 9.84 Å². The molecule has 0 spiro atoms. The zero-order valence-electron chi connectivity index (χ0n) is 16.9. The fourth-order valence-electron chi connectivity index (χ4n) is 3.95. The molecule has 4 atom stereocenters. The predicted molar refractivity (Wildman–Crippen MR) is 112 cm³/mol. The quantitative estimate of drug-likeness (QED) is 0.302. The number of carbonyl (C=O) groups excluding carboxylic acids is 1. The number of hydrogen-bond donors (Lipinski definition) is 1. The van der Waals surface area contributed by atoms with E-state index in [2.05, 4.69) is 13.0 Å². The number of rotatable bonds is 9. The second-order valence-electron chi connectivity index (χ2n) is 7.58. The van der Waals surface area contributed by atoms with Crippen LogP contribution >= 0.6 is 11.6 Å². The molecule has 5 heteroatoms. The van der Waals surface area contributed by atoms with Gasteiger partial charge in [0.2, 0.25) is 0 Å². The summed E-state index contributed by atoms with van der Waals surface area (Å²) in [5, 5.41) is 10.5. The number of Topliss-reactive ketones (excluding diaryl/α,β-unsaturated/α-hetero) is 1. The van der Waals surface area contributed by atoms with Gasteiger partial charge in [-0.2, -0.15) is 30.3 Å². The summed E-state index contributed by atoms with van der Waals surface area (Å²) in [5.74, 6) is 0.130. The normalized spacial score (nSPS) is 23.6. The van der Waals surface area contributed by atoms with E-state index in [-0.39, 0.29) is 55.7 Å². The van der Waals surface area contributed by atoms with Crippen molar-refractivity contribution >= 4 is 17.4 Å². The van der Waals surface area contributed by atoms with Crippen molar-refractivity contribution in [1.82, 2.24) is 0 Å². The molecule has 0 bridgehead atoms. The van der Waals surface area contributed by atoms with Crippen LogP contribution in [0, 0.1) is 12.0 Å². The van der Waals surface area contributed by atoms with Gasteiger partial charge >= 0.3 is 0 Å². The molecule has 1 aliphatic rings. The molecule has 1 radical (unpaired) electrons. The first kappa shape index (κ1) is 24.7. The summed E-state index contributed by atoms with van der Waals surface area (Å²) in [4.78, 5) is 12.2. The maximum absolute atomic E-state index is 12.2. The van der Waals surface area contributed by atoms with Crippen molar-refractivity contribution in [2.45, 2.75) is 56.6 Å². The summed E-state index contributed by atoms with van der Waals surface area (Å²) in [6, 6.07) is 18.4. The van der Waals surface area contributed by atoms with Crippen LogP contribution in [0.25, 0.3) is 0 Å². The molecule has 153 valence electrons. The molecule has 2 unspecified atom stereocenters. The van der Waals surface area contributed by atoms with Crippen molar-refractivity contribution in [3.8, 4) is 0 Å². The Morgan fingerprint density at radius 3 is 2.69 bits per heavy atom. The van der Waals surface area contributed by atoms with E-state index < -0.39 is 6.10 Å². The average molecular weight is 489 g/mol. The molecule has 3 rings (SSSR count). The fourth-order valence-corrected chi connectivity index (χ4v) is 4.36. The average Bonchev–Trinajstić information content (AvgIpc) is 3.00. The Morgan fingerprint density at radius 1 is 1.28 bits per heavy atom. The molecule has 2 aromatic rings. The van der Waals surface area contributed by atoms with Crippen molar-refractivity contribution in [2.75, 3.05) is 6.61 Å². The summed E-state index contributed by atoms with van der Waals surface area (Å²) in [7, 11) is 0. The summed E-state index contributed by atoms with van der Waals surface area (Å²) >= 11 is 6.54. The van der Waals surface area contributed by atoms with E-state index in [0.29, 0.717) is 26.1 Å². The Bertz CT molecular complexity index is 750. The van der Waals surface area contributed by atoms with E-state index in [4.69, 9.17) is 16.3 Å². The van der Waals surface area contributed by atoms with Gasteiger partial charge in [0.05, 0.1) is 12.7 Å². The number of benzene rings is 2. The van der Waals surface area contributed by atoms with Crippen LogP contribution in [0.15, 0.2) is 48.5 Å². The molecule has 1 aliphatic carbocycles. The number of hydrogen-bond acceptors (Lipinski definition) is 3. The van der Waals surface area contributed by atoms with E-state index in [1.807, 2.05) is 48.5 Å². The summed E-state index contributed by atoms with van der Waals surface area (Å²) in [5.41, 5.74) is 2.82. The van der Waals surface area contributed by atoms with Crippen LogP contribution in [0.5, 0.6) is 0 Å². The van der Waals surface area contributed by atoms with Crippen molar-refractivity contribution in [3.63, 3.8) is 0 Å². The molecule has 0 heterocycles. The van der Waals surface area contributed by atoms with Gasteiger partial charge in [0, 0.05) is 68.5 Å². The molecule has 1 saturated carbocycles. The first-order valence-electron chi connectivity index (χ1n) is 10.1. The Hall–Kier alpha value is -0.576. The van der Waals surface area contributed by atoms with Gasteiger partial charge in [-0.05, 0) is 18.4 Å². The summed E-state index contributed by atoms with van der Waals surface area (Å²) in [6.07, 6.45) is 2.56. The number of aliphatic hydroxyl groups is 1. The number of aliphatic hydroxyl groups excluding tert-OH is 1. The Labute approximate surface area is 204 Å². The Morgan fingerprint density at radius 2 is 2.03 bits per heavy atom. The second kappa shape index (κ2) is 12.3. The maximum Gasteiger partial charge on any atom is 0.162 e. The summed E-state index contributed by atoms with van der Waals surface area (Å²) < 4.78 is 5.91. The van der Waals surface area contributed by atoms with E-state index in [1.165, 1.54) is 0 Å². The molecule has 3 nitrogen and oxygen atoms in total. The molecule has 0 amide bonds. The molecule has 1 N–H and O–H groups in total. The summed E-state index contributed by atoms with van der Waals surface area (Å²) in [6.45, 7) is 3.08. The number of ketones is 1. The van der Waals surface area contributed by atoms with Crippen LogP contribution in [0.4, 0.5) is 0 Å². The number of carbonyl (C=O) groups is 1. The SMILES string of the molecule is CCCCC(=O)c1ccc(C2C(COCc3c[c-]ccc3)[C@H](Cl)C[C@H]2O)cc1.[Y]. The van der Waals surface area contributed by atoms with Crippen LogP contribution in [0.1, 0.15) is 60.0 Å². The monoisotopic (exact) mass is 488 g/mol. The van der Waals surface area contributed by atoms with E-state index in [1.54, 1.807) is 0 Å². The third-order valence-electron chi connectivity index (χ3n) is 5.53. The van der Waals surface area contributed by atoms with Crippen LogP contribution in [-0.4, -0.2) is 29.0 Å². The van der Waals surface area contributed by atoms with Gasteiger partial charge in [0.1, 0.15) is 0 Å². The third kappa shape index (κ3) is 6.70. The number of unbranched alkanes of at least 4 members (excludes halogenated alkanes) is 1. The smallest absolute Gasteiger partial charge is 0.162 e. The Kier molecular flexibility index (Phi) is 10.5. The zero-order chi connectivity index (χ0) is 19.9. The van der Waals surface area contributed by atoms with Crippen LogP contribution in [0.2, 0.25) is 0 Å². The first-order valence-corrected chi connectivity index (χ1v) is 10.5. The molecule has 0 aliphatic heterocycles. The van der Waals surface area contributed by atoms with Crippen molar-refractivity contribution in [2.24, 2.45) is 5.92 Å². The van der Waals surface area contributed by atoms with Gasteiger partial charge in [-0.3, -0.25) is 4.79 Å². The molecular formula is C24H28ClO3Y-. The first-order chi connectivity index (χ1) is 13.6. The number of alkyl halides is 1. The largest absolute Gasteiger partial charge is 0.392 e. The Balaban J connectivity index is 0.00000300.